The first-order valence-electron chi connectivity index (χ1n) is 6.73. The van der Waals surface area contributed by atoms with Crippen molar-refractivity contribution in [2.24, 2.45) is 5.73 Å². The van der Waals surface area contributed by atoms with Gasteiger partial charge in [-0.1, -0.05) is 36.4 Å². The molecule has 2 N–H and O–H groups in total. The lowest BCUT2D eigenvalue weighted by atomic mass is 10.1. The minimum atomic E-state index is -3.33. The number of benzene rings is 2. The van der Waals surface area contributed by atoms with Crippen LogP contribution in [0.4, 0.5) is 0 Å². The summed E-state index contributed by atoms with van der Waals surface area (Å²) >= 11 is 0. The van der Waals surface area contributed by atoms with E-state index in [2.05, 4.69) is 0 Å². The highest BCUT2D eigenvalue weighted by atomic mass is 31.2. The third kappa shape index (κ3) is 3.10. The van der Waals surface area contributed by atoms with Crippen molar-refractivity contribution >= 4 is 18.4 Å². The van der Waals surface area contributed by atoms with Gasteiger partial charge in [-0.2, -0.15) is 0 Å². The third-order valence-corrected chi connectivity index (χ3v) is 5.29. The zero-order valence-corrected chi connectivity index (χ0v) is 12.7. The molecule has 0 aliphatic rings. The normalized spacial score (nSPS) is 13.6. The van der Waals surface area contributed by atoms with E-state index in [1.54, 1.807) is 13.8 Å². The van der Waals surface area contributed by atoms with Crippen molar-refractivity contribution in [1.29, 1.82) is 0 Å². The first-order valence-corrected chi connectivity index (χ1v) is 8.35. The fourth-order valence-electron chi connectivity index (χ4n) is 2.13. The molecule has 0 bridgehead atoms. The summed E-state index contributed by atoms with van der Waals surface area (Å²) in [5.74, 6) is -0.771. The molecule has 0 heterocycles. The lowest BCUT2D eigenvalue weighted by molar-refractivity contribution is 0.212. The fraction of sp³-hybridized carbons (Fsp3) is 0.333. The van der Waals surface area contributed by atoms with E-state index in [1.165, 1.54) is 0 Å². The standard InChI is InChI=1S/C15H20NO3P/c1-3-18-20(17,19-4-2)15(16)14-10-9-12-7-5-6-8-13(12)11-14/h5-11,15H,3-4,16H2,1-2H3/t15-/m1/s1. The molecule has 0 aromatic heterocycles. The summed E-state index contributed by atoms with van der Waals surface area (Å²) in [4.78, 5) is 0. The Morgan fingerprint density at radius 2 is 1.65 bits per heavy atom. The maximum atomic E-state index is 12.7. The van der Waals surface area contributed by atoms with E-state index in [1.807, 2.05) is 42.5 Å². The predicted molar refractivity (Wildman–Crippen MR) is 81.7 cm³/mol. The smallest absolute Gasteiger partial charge is 0.314 e. The molecule has 0 saturated carbocycles. The van der Waals surface area contributed by atoms with Crippen LogP contribution in [0.1, 0.15) is 25.2 Å². The minimum absolute atomic E-state index is 0.304. The van der Waals surface area contributed by atoms with Crippen LogP contribution >= 0.6 is 7.60 Å². The average Bonchev–Trinajstić information content (AvgIpc) is 2.46. The van der Waals surface area contributed by atoms with Gasteiger partial charge in [0.1, 0.15) is 5.78 Å². The lowest BCUT2D eigenvalue weighted by Crippen LogP contribution is -2.15. The van der Waals surface area contributed by atoms with Gasteiger partial charge in [-0.3, -0.25) is 4.57 Å². The zero-order valence-electron chi connectivity index (χ0n) is 11.8. The van der Waals surface area contributed by atoms with Gasteiger partial charge in [0.25, 0.3) is 0 Å². The van der Waals surface area contributed by atoms with Crippen LogP contribution in [0.5, 0.6) is 0 Å². The highest BCUT2D eigenvalue weighted by Gasteiger charge is 2.33. The number of fused-ring (bicyclic) bond motifs is 1. The van der Waals surface area contributed by atoms with Gasteiger partial charge < -0.3 is 14.8 Å². The summed E-state index contributed by atoms with van der Waals surface area (Å²) in [5.41, 5.74) is 6.88. The Morgan fingerprint density at radius 3 is 2.25 bits per heavy atom. The number of nitrogens with two attached hydrogens (primary N) is 1. The van der Waals surface area contributed by atoms with Gasteiger partial charge in [0, 0.05) is 0 Å². The van der Waals surface area contributed by atoms with Gasteiger partial charge in [0.05, 0.1) is 13.2 Å². The van der Waals surface area contributed by atoms with E-state index < -0.39 is 13.4 Å². The Morgan fingerprint density at radius 1 is 1.05 bits per heavy atom. The van der Waals surface area contributed by atoms with Gasteiger partial charge in [-0.15, -0.1) is 0 Å². The molecule has 2 aromatic rings. The molecule has 0 radical (unpaired) electrons. The summed E-state index contributed by atoms with van der Waals surface area (Å²) in [5, 5.41) is 2.17. The van der Waals surface area contributed by atoms with Crippen LogP contribution in [0, 0.1) is 0 Å². The van der Waals surface area contributed by atoms with Gasteiger partial charge in [0.15, 0.2) is 0 Å². The highest BCUT2D eigenvalue weighted by Crippen LogP contribution is 2.58. The molecule has 0 aliphatic carbocycles. The minimum Gasteiger partial charge on any atom is -0.314 e. The van der Waals surface area contributed by atoms with Crippen molar-refractivity contribution in [2.75, 3.05) is 13.2 Å². The molecule has 4 nitrogen and oxygen atoms in total. The first-order chi connectivity index (χ1) is 9.60. The molecule has 0 aliphatic heterocycles. The molecule has 5 heteroatoms. The number of rotatable bonds is 6. The molecule has 0 fully saturated rings. The van der Waals surface area contributed by atoms with E-state index in [9.17, 15) is 4.57 Å². The summed E-state index contributed by atoms with van der Waals surface area (Å²) < 4.78 is 23.3. The number of hydrogen-bond acceptors (Lipinski definition) is 4. The SMILES string of the molecule is CCOP(=O)(OCC)[C@@H](N)c1ccc2ccccc2c1. The second-order valence-corrected chi connectivity index (χ2v) is 6.58. The molecular formula is C15H20NO3P. The molecule has 0 amide bonds. The Hall–Kier alpha value is -1.19. The Kier molecular flexibility index (Phi) is 4.95. The van der Waals surface area contributed by atoms with Gasteiger partial charge in [0.2, 0.25) is 0 Å². The van der Waals surface area contributed by atoms with E-state index >= 15 is 0 Å². The van der Waals surface area contributed by atoms with Crippen molar-refractivity contribution < 1.29 is 13.6 Å². The second kappa shape index (κ2) is 6.51. The van der Waals surface area contributed by atoms with Crippen molar-refractivity contribution in [1.82, 2.24) is 0 Å². The molecule has 2 aromatic carbocycles. The largest absolute Gasteiger partial charge is 0.351 e. The molecule has 20 heavy (non-hydrogen) atoms. The van der Waals surface area contributed by atoms with Crippen LogP contribution < -0.4 is 5.73 Å². The fourth-order valence-corrected chi connectivity index (χ4v) is 3.77. The second-order valence-electron chi connectivity index (χ2n) is 4.43. The lowest BCUT2D eigenvalue weighted by Gasteiger charge is -2.23. The quantitative estimate of drug-likeness (QED) is 0.816. The predicted octanol–water partition coefficient (Wildman–Crippen LogP) is 4.06. The van der Waals surface area contributed by atoms with Gasteiger partial charge in [-0.05, 0) is 36.2 Å². The van der Waals surface area contributed by atoms with E-state index in [0.717, 1.165) is 16.3 Å². The maximum absolute atomic E-state index is 12.7. The van der Waals surface area contributed by atoms with Crippen LogP contribution in [-0.4, -0.2) is 13.2 Å². The third-order valence-electron chi connectivity index (χ3n) is 3.07. The van der Waals surface area contributed by atoms with Crippen molar-refractivity contribution in [2.45, 2.75) is 19.6 Å². The van der Waals surface area contributed by atoms with Crippen LogP contribution in [0.15, 0.2) is 42.5 Å². The van der Waals surface area contributed by atoms with Crippen LogP contribution in [0.2, 0.25) is 0 Å². The molecule has 0 spiro atoms. The number of hydrogen-bond donors (Lipinski definition) is 1. The molecule has 108 valence electrons. The molecule has 0 saturated heterocycles. The van der Waals surface area contributed by atoms with Gasteiger partial charge >= 0.3 is 7.60 Å². The molecule has 1 atom stereocenters. The van der Waals surface area contributed by atoms with Gasteiger partial charge in [-0.25, -0.2) is 0 Å². The summed E-state index contributed by atoms with van der Waals surface area (Å²) in [7, 11) is -3.33. The topological polar surface area (TPSA) is 61.5 Å². The molecule has 0 unspecified atom stereocenters. The first kappa shape index (κ1) is 15.2. The van der Waals surface area contributed by atoms with Crippen LogP contribution in [0.3, 0.4) is 0 Å². The van der Waals surface area contributed by atoms with E-state index in [0.29, 0.717) is 13.2 Å². The average molecular weight is 293 g/mol. The van der Waals surface area contributed by atoms with Crippen molar-refractivity contribution in [3.05, 3.63) is 48.0 Å². The molecular weight excluding hydrogens is 273 g/mol. The molecule has 2 rings (SSSR count). The van der Waals surface area contributed by atoms with Crippen LogP contribution in [0.25, 0.3) is 10.8 Å². The van der Waals surface area contributed by atoms with E-state index in [-0.39, 0.29) is 0 Å². The summed E-state index contributed by atoms with van der Waals surface area (Å²) in [6.07, 6.45) is 0. The summed E-state index contributed by atoms with van der Waals surface area (Å²) in [6.45, 7) is 4.16. The Labute approximate surface area is 119 Å². The maximum Gasteiger partial charge on any atom is 0.351 e. The van der Waals surface area contributed by atoms with Crippen molar-refractivity contribution in [3.63, 3.8) is 0 Å². The Balaban J connectivity index is 2.38. The van der Waals surface area contributed by atoms with E-state index in [4.69, 9.17) is 14.8 Å². The monoisotopic (exact) mass is 293 g/mol. The summed E-state index contributed by atoms with van der Waals surface area (Å²) in [6, 6.07) is 13.7. The van der Waals surface area contributed by atoms with Crippen molar-refractivity contribution in [3.8, 4) is 0 Å². The van der Waals surface area contributed by atoms with Crippen LogP contribution in [-0.2, 0) is 13.6 Å². The zero-order chi connectivity index (χ0) is 14.6. The Bertz CT molecular complexity index is 619. The highest BCUT2D eigenvalue weighted by molar-refractivity contribution is 7.54.